The number of hydrogen-bond acceptors (Lipinski definition) is 1. The van der Waals surface area contributed by atoms with Crippen molar-refractivity contribution in [3.8, 4) is 0 Å². The van der Waals surface area contributed by atoms with Gasteiger partial charge < -0.3 is 4.90 Å². The zero-order chi connectivity index (χ0) is 7.56. The van der Waals surface area contributed by atoms with Gasteiger partial charge in [-0.05, 0) is 14.1 Å². The normalized spacial score (nSPS) is 8.55. The van der Waals surface area contributed by atoms with Crippen LogP contribution < -0.4 is 4.90 Å². The third kappa shape index (κ3) is 2.60. The molecule has 0 aliphatic carbocycles. The van der Waals surface area contributed by atoms with Crippen molar-refractivity contribution < 1.29 is 21.7 Å². The van der Waals surface area contributed by atoms with E-state index in [2.05, 4.69) is 17.9 Å². The van der Waals surface area contributed by atoms with Crippen LogP contribution in [0.15, 0.2) is 24.3 Å². The summed E-state index contributed by atoms with van der Waals surface area (Å²) in [7, 11) is 4.04. The summed E-state index contributed by atoms with van der Waals surface area (Å²) in [5.74, 6) is 0. The molecule has 0 aliphatic heterocycles. The molecule has 11 heavy (non-hydrogen) atoms. The summed E-state index contributed by atoms with van der Waals surface area (Å²) in [4.78, 5) is 2.06. The number of nitrogens with zero attached hydrogens (tertiary/aromatic N) is 1. The Bertz CT molecular complexity index is 221. The van der Waals surface area contributed by atoms with Crippen LogP contribution in [-0.4, -0.2) is 14.1 Å². The van der Waals surface area contributed by atoms with Crippen molar-refractivity contribution >= 4 is 5.69 Å². The number of anilines is 1. The fraction of sp³-hybridized carbons (Fsp3) is 0.222. The van der Waals surface area contributed by atoms with Gasteiger partial charge in [-0.25, -0.2) is 0 Å². The van der Waals surface area contributed by atoms with E-state index in [-0.39, 0.29) is 21.7 Å². The quantitative estimate of drug-likeness (QED) is 0.473. The molecule has 0 fully saturated rings. The van der Waals surface area contributed by atoms with Gasteiger partial charge in [0.25, 0.3) is 0 Å². The summed E-state index contributed by atoms with van der Waals surface area (Å²) in [6.07, 6.45) is 0. The zero-order valence-corrected chi connectivity index (χ0v) is 8.53. The van der Waals surface area contributed by atoms with Crippen molar-refractivity contribution in [2.45, 2.75) is 0 Å². The Morgan fingerprint density at radius 1 is 1.18 bits per heavy atom. The van der Waals surface area contributed by atoms with E-state index < -0.39 is 0 Å². The predicted octanol–water partition coefficient (Wildman–Crippen LogP) is 1.93. The molecule has 0 heterocycles. The predicted molar refractivity (Wildman–Crippen MR) is 45.2 cm³/mol. The largest absolute Gasteiger partial charge is 0.428 e. The summed E-state index contributed by atoms with van der Waals surface area (Å²) < 4.78 is 0. The second-order valence-electron chi connectivity index (χ2n) is 2.52. The molecule has 0 aromatic heterocycles. The van der Waals surface area contributed by atoms with E-state index in [9.17, 15) is 0 Å². The molecule has 0 N–H and O–H groups in total. The van der Waals surface area contributed by atoms with Gasteiger partial charge in [0.05, 0.1) is 0 Å². The first kappa shape index (κ1) is 10.6. The van der Waals surface area contributed by atoms with E-state index in [4.69, 9.17) is 0 Å². The fourth-order valence-electron chi connectivity index (χ4n) is 0.947. The van der Waals surface area contributed by atoms with E-state index >= 15 is 0 Å². The Balaban J connectivity index is 0.000001000. The Morgan fingerprint density at radius 3 is 2.09 bits per heavy atom. The smallest absolute Gasteiger partial charge is 0 e. The van der Waals surface area contributed by atoms with Crippen LogP contribution in [-0.2, 0) is 21.7 Å². The van der Waals surface area contributed by atoms with Gasteiger partial charge in [-0.1, -0.05) is 17.8 Å². The number of rotatable bonds is 1. The third-order valence-corrected chi connectivity index (χ3v) is 1.47. The molecule has 1 rings (SSSR count). The first-order valence-electron chi connectivity index (χ1n) is 3.30. The first-order chi connectivity index (χ1) is 4.72. The van der Waals surface area contributed by atoms with Crippen LogP contribution in [0.4, 0.5) is 5.69 Å². The second kappa shape index (κ2) is 4.48. The maximum atomic E-state index is 3.90. The maximum Gasteiger partial charge on any atom is 0 e. The van der Waals surface area contributed by atoms with Gasteiger partial charge in [0.2, 0.25) is 0 Å². The van der Waals surface area contributed by atoms with E-state index in [0.29, 0.717) is 0 Å². The standard InChI is InChI=1S/C9H12N.Ti/c1-8-6-4-5-7-9(8)10(2)3;/h4-7H,1H2,2-3H3;/q-1;. The molecule has 0 saturated carbocycles. The van der Waals surface area contributed by atoms with Crippen LogP contribution in [0.25, 0.3) is 0 Å². The van der Waals surface area contributed by atoms with Gasteiger partial charge >= 0.3 is 0 Å². The fourth-order valence-corrected chi connectivity index (χ4v) is 0.947. The Kier molecular flexibility index (Phi) is 4.31. The van der Waals surface area contributed by atoms with Gasteiger partial charge in [-0.2, -0.15) is 18.6 Å². The molecule has 0 aliphatic rings. The summed E-state index contributed by atoms with van der Waals surface area (Å²) >= 11 is 0. The molecule has 0 bridgehead atoms. The van der Waals surface area contributed by atoms with Crippen molar-refractivity contribution in [1.29, 1.82) is 0 Å². The van der Waals surface area contributed by atoms with Gasteiger partial charge in [-0.3, -0.25) is 0 Å². The molecule has 2 heteroatoms. The Labute approximate surface area is 83.3 Å². The third-order valence-electron chi connectivity index (χ3n) is 1.47. The van der Waals surface area contributed by atoms with Crippen LogP contribution >= 0.6 is 0 Å². The van der Waals surface area contributed by atoms with Crippen molar-refractivity contribution in [3.63, 3.8) is 0 Å². The summed E-state index contributed by atoms with van der Waals surface area (Å²) in [5, 5.41) is 0. The summed E-state index contributed by atoms with van der Waals surface area (Å²) in [5.41, 5.74) is 2.26. The molecular formula is C9H12NTi-. The molecule has 0 saturated heterocycles. The number of benzene rings is 1. The van der Waals surface area contributed by atoms with Gasteiger partial charge in [0, 0.05) is 21.7 Å². The second-order valence-corrected chi connectivity index (χ2v) is 2.52. The average molecular weight is 182 g/mol. The Morgan fingerprint density at radius 2 is 1.73 bits per heavy atom. The molecule has 0 amide bonds. The molecule has 58 valence electrons. The van der Waals surface area contributed by atoms with E-state index in [1.54, 1.807) is 0 Å². The van der Waals surface area contributed by atoms with E-state index in [0.717, 1.165) is 5.56 Å². The van der Waals surface area contributed by atoms with Crippen LogP contribution in [0.5, 0.6) is 0 Å². The minimum atomic E-state index is 0. The molecular weight excluding hydrogens is 170 g/mol. The monoisotopic (exact) mass is 182 g/mol. The SMILES string of the molecule is [CH2-]c1ccccc1N(C)C.[Ti]. The first-order valence-corrected chi connectivity index (χ1v) is 3.30. The molecule has 0 spiro atoms. The van der Waals surface area contributed by atoms with E-state index in [1.165, 1.54) is 5.69 Å². The topological polar surface area (TPSA) is 3.24 Å². The minimum Gasteiger partial charge on any atom is -0.428 e. The van der Waals surface area contributed by atoms with Crippen molar-refractivity contribution in [3.05, 3.63) is 36.8 Å². The van der Waals surface area contributed by atoms with Crippen LogP contribution in [0.1, 0.15) is 5.56 Å². The maximum absolute atomic E-state index is 3.90. The van der Waals surface area contributed by atoms with Crippen molar-refractivity contribution in [2.75, 3.05) is 19.0 Å². The Hall–Kier alpha value is -0.396. The summed E-state index contributed by atoms with van der Waals surface area (Å²) in [6.45, 7) is 3.90. The van der Waals surface area contributed by atoms with Crippen molar-refractivity contribution in [1.82, 2.24) is 0 Å². The average Bonchev–Trinajstić information content (AvgIpc) is 1.88. The van der Waals surface area contributed by atoms with Crippen LogP contribution in [0.3, 0.4) is 0 Å². The van der Waals surface area contributed by atoms with Gasteiger partial charge in [0.1, 0.15) is 0 Å². The summed E-state index contributed by atoms with van der Waals surface area (Å²) in [6, 6.07) is 8.08. The zero-order valence-electron chi connectivity index (χ0n) is 6.96. The molecule has 1 nitrogen and oxygen atoms in total. The van der Waals surface area contributed by atoms with Crippen LogP contribution in [0, 0.1) is 6.92 Å². The molecule has 1 aromatic carbocycles. The molecule has 0 radical (unpaired) electrons. The number of para-hydroxylation sites is 1. The molecule has 0 unspecified atom stereocenters. The molecule has 0 atom stereocenters. The number of hydrogen-bond donors (Lipinski definition) is 0. The molecule has 1 aromatic rings. The minimum absolute atomic E-state index is 0. The van der Waals surface area contributed by atoms with Gasteiger partial charge in [0.15, 0.2) is 0 Å². The van der Waals surface area contributed by atoms with E-state index in [1.807, 2.05) is 32.3 Å². The van der Waals surface area contributed by atoms with Crippen LogP contribution in [0.2, 0.25) is 0 Å². The van der Waals surface area contributed by atoms with Gasteiger partial charge in [-0.15, -0.1) is 6.07 Å². The van der Waals surface area contributed by atoms with Crippen molar-refractivity contribution in [2.24, 2.45) is 0 Å².